The van der Waals surface area contributed by atoms with Gasteiger partial charge in [-0.25, -0.2) is 4.79 Å². The van der Waals surface area contributed by atoms with Crippen molar-refractivity contribution in [1.29, 1.82) is 0 Å². The summed E-state index contributed by atoms with van der Waals surface area (Å²) in [5, 5.41) is 11.2. The van der Waals surface area contributed by atoms with Crippen molar-refractivity contribution in [2.24, 2.45) is 0 Å². The van der Waals surface area contributed by atoms with E-state index in [0.29, 0.717) is 11.8 Å². The number of allylic oxidation sites excluding steroid dienone is 1. The Balaban J connectivity index is 2.63. The molecule has 1 rings (SSSR count). The van der Waals surface area contributed by atoms with Crippen LogP contribution in [-0.4, -0.2) is 29.1 Å². The lowest BCUT2D eigenvalue weighted by Gasteiger charge is -2.12. The van der Waals surface area contributed by atoms with Gasteiger partial charge in [0.1, 0.15) is 6.04 Å². The number of alkyl halides is 3. The molecular formula is C13H12F3NO3. The van der Waals surface area contributed by atoms with Crippen molar-refractivity contribution in [2.45, 2.75) is 18.6 Å². The minimum absolute atomic E-state index is 0.0840. The van der Waals surface area contributed by atoms with Gasteiger partial charge in [0.2, 0.25) is 0 Å². The van der Waals surface area contributed by atoms with Crippen LogP contribution in [0.15, 0.2) is 42.6 Å². The summed E-state index contributed by atoms with van der Waals surface area (Å²) in [7, 11) is 0. The van der Waals surface area contributed by atoms with Gasteiger partial charge in [0.05, 0.1) is 0 Å². The molecule has 1 atom stereocenters. The number of halogens is 3. The SMILES string of the molecule is O=C(O)[C@H](Cc1ccccc1)N/C=C\C(=O)C(F)(F)F. The second-order valence-corrected chi connectivity index (χ2v) is 3.94. The highest BCUT2D eigenvalue weighted by Crippen LogP contribution is 2.16. The summed E-state index contributed by atoms with van der Waals surface area (Å²) in [4.78, 5) is 21.5. The van der Waals surface area contributed by atoms with Crippen LogP contribution >= 0.6 is 0 Å². The fraction of sp³-hybridized carbons (Fsp3) is 0.231. The standard InChI is InChI=1S/C13H12F3NO3/c14-13(15,16)11(18)6-7-17-10(12(19)20)8-9-4-2-1-3-5-9/h1-7,10,17H,8H2,(H,19,20)/b7-6-/t10-/m0/s1. The van der Waals surface area contributed by atoms with E-state index in [4.69, 9.17) is 5.11 Å². The Kier molecular flexibility index (Phi) is 5.31. The number of benzene rings is 1. The zero-order valence-electron chi connectivity index (χ0n) is 10.2. The van der Waals surface area contributed by atoms with Crippen molar-refractivity contribution in [3.8, 4) is 0 Å². The van der Waals surface area contributed by atoms with Gasteiger partial charge in [0.25, 0.3) is 5.78 Å². The van der Waals surface area contributed by atoms with Crippen LogP contribution in [0, 0.1) is 0 Å². The van der Waals surface area contributed by atoms with E-state index >= 15 is 0 Å². The molecule has 0 aliphatic rings. The molecule has 20 heavy (non-hydrogen) atoms. The molecule has 1 aromatic carbocycles. The third-order valence-electron chi connectivity index (χ3n) is 2.39. The molecule has 0 aliphatic carbocycles. The minimum Gasteiger partial charge on any atom is -0.480 e. The van der Waals surface area contributed by atoms with E-state index in [1.54, 1.807) is 30.3 Å². The molecule has 1 aromatic rings. The van der Waals surface area contributed by atoms with E-state index in [9.17, 15) is 22.8 Å². The fourth-order valence-corrected chi connectivity index (χ4v) is 1.40. The van der Waals surface area contributed by atoms with Crippen molar-refractivity contribution in [2.75, 3.05) is 0 Å². The van der Waals surface area contributed by atoms with Gasteiger partial charge >= 0.3 is 12.1 Å². The quantitative estimate of drug-likeness (QED) is 0.784. The Morgan fingerprint density at radius 1 is 1.25 bits per heavy atom. The lowest BCUT2D eigenvalue weighted by molar-refractivity contribution is -0.165. The Hall–Kier alpha value is -2.31. The first-order chi connectivity index (χ1) is 9.30. The first-order valence-corrected chi connectivity index (χ1v) is 5.61. The van der Waals surface area contributed by atoms with E-state index in [1.807, 2.05) is 0 Å². The van der Waals surface area contributed by atoms with Crippen LogP contribution in [0.5, 0.6) is 0 Å². The number of aliphatic carboxylic acids is 1. The normalized spacial score (nSPS) is 13.2. The van der Waals surface area contributed by atoms with Crippen molar-refractivity contribution in [3.05, 3.63) is 48.2 Å². The molecule has 0 aliphatic heterocycles. The molecule has 0 radical (unpaired) electrons. The number of hydrogen-bond acceptors (Lipinski definition) is 3. The number of nitrogens with one attached hydrogen (secondary N) is 1. The van der Waals surface area contributed by atoms with Crippen molar-refractivity contribution < 1.29 is 27.9 Å². The first-order valence-electron chi connectivity index (χ1n) is 5.61. The molecule has 0 amide bonds. The smallest absolute Gasteiger partial charge is 0.454 e. The highest BCUT2D eigenvalue weighted by Gasteiger charge is 2.36. The number of rotatable bonds is 6. The van der Waals surface area contributed by atoms with Crippen LogP contribution in [0.4, 0.5) is 13.2 Å². The summed E-state index contributed by atoms with van der Waals surface area (Å²) in [6.07, 6.45) is -3.91. The maximum Gasteiger partial charge on any atom is 0.454 e. The average molecular weight is 287 g/mol. The topological polar surface area (TPSA) is 66.4 Å². The summed E-state index contributed by atoms with van der Waals surface area (Å²) >= 11 is 0. The van der Waals surface area contributed by atoms with Crippen LogP contribution in [0.1, 0.15) is 5.56 Å². The third-order valence-corrected chi connectivity index (χ3v) is 2.39. The fourth-order valence-electron chi connectivity index (χ4n) is 1.40. The predicted octanol–water partition coefficient (Wildman–Crippen LogP) is 1.92. The zero-order valence-corrected chi connectivity index (χ0v) is 10.2. The van der Waals surface area contributed by atoms with Gasteiger partial charge in [-0.1, -0.05) is 30.3 Å². The Morgan fingerprint density at radius 3 is 2.35 bits per heavy atom. The molecule has 0 aromatic heterocycles. The number of carboxylic acid groups (broad SMARTS) is 1. The molecule has 0 fully saturated rings. The van der Waals surface area contributed by atoms with Crippen LogP contribution in [-0.2, 0) is 16.0 Å². The van der Waals surface area contributed by atoms with Crippen LogP contribution in [0.2, 0.25) is 0 Å². The van der Waals surface area contributed by atoms with Crippen molar-refractivity contribution in [1.82, 2.24) is 5.32 Å². The molecule has 0 unspecified atom stereocenters. The summed E-state index contributed by atoms with van der Waals surface area (Å²) in [6.45, 7) is 0. The van der Waals surface area contributed by atoms with Gasteiger partial charge in [-0.3, -0.25) is 4.79 Å². The number of carbonyl (C=O) groups is 2. The number of carbonyl (C=O) groups excluding carboxylic acids is 1. The minimum atomic E-state index is -4.96. The molecule has 0 saturated heterocycles. The zero-order chi connectivity index (χ0) is 15.2. The van der Waals surface area contributed by atoms with Gasteiger partial charge in [-0.05, 0) is 5.56 Å². The van der Waals surface area contributed by atoms with E-state index in [1.165, 1.54) is 0 Å². The van der Waals surface area contributed by atoms with Crippen molar-refractivity contribution >= 4 is 11.8 Å². The lowest BCUT2D eigenvalue weighted by atomic mass is 10.1. The van der Waals surface area contributed by atoms with E-state index in [2.05, 4.69) is 5.32 Å². The maximum absolute atomic E-state index is 11.9. The highest BCUT2D eigenvalue weighted by molar-refractivity contribution is 5.94. The Bertz CT molecular complexity index is 497. The van der Waals surface area contributed by atoms with E-state index in [0.717, 1.165) is 0 Å². The van der Waals surface area contributed by atoms with E-state index < -0.39 is 24.0 Å². The molecule has 0 spiro atoms. The second kappa shape index (κ2) is 6.74. The monoisotopic (exact) mass is 287 g/mol. The van der Waals surface area contributed by atoms with Gasteiger partial charge in [0.15, 0.2) is 0 Å². The predicted molar refractivity (Wildman–Crippen MR) is 64.9 cm³/mol. The second-order valence-electron chi connectivity index (χ2n) is 3.94. The third kappa shape index (κ3) is 5.13. The number of ketones is 1. The van der Waals surface area contributed by atoms with Crippen molar-refractivity contribution in [3.63, 3.8) is 0 Å². The Labute approximate surface area is 112 Å². The highest BCUT2D eigenvalue weighted by atomic mass is 19.4. The molecule has 0 saturated carbocycles. The summed E-state index contributed by atoms with van der Waals surface area (Å²) in [6, 6.07) is 7.47. The van der Waals surface area contributed by atoms with Gasteiger partial charge in [0, 0.05) is 18.7 Å². The number of carboxylic acids is 1. The molecule has 4 nitrogen and oxygen atoms in total. The average Bonchev–Trinajstić information content (AvgIpc) is 2.37. The molecule has 7 heteroatoms. The lowest BCUT2D eigenvalue weighted by Crippen LogP contribution is -2.35. The molecular weight excluding hydrogens is 275 g/mol. The summed E-state index contributed by atoms with van der Waals surface area (Å²) in [5.41, 5.74) is 0.711. The maximum atomic E-state index is 11.9. The molecule has 2 N–H and O–H groups in total. The largest absolute Gasteiger partial charge is 0.480 e. The van der Waals surface area contributed by atoms with Gasteiger partial charge in [-0.15, -0.1) is 0 Å². The summed E-state index contributed by atoms with van der Waals surface area (Å²) in [5.74, 6) is -3.27. The van der Waals surface area contributed by atoms with E-state index in [-0.39, 0.29) is 12.5 Å². The first kappa shape index (κ1) is 15.7. The number of hydrogen-bond donors (Lipinski definition) is 2. The van der Waals surface area contributed by atoms with Crippen LogP contribution < -0.4 is 5.32 Å². The van der Waals surface area contributed by atoms with Gasteiger partial charge < -0.3 is 10.4 Å². The van der Waals surface area contributed by atoms with Crippen LogP contribution in [0.25, 0.3) is 0 Å². The molecule has 0 bridgehead atoms. The Morgan fingerprint density at radius 2 is 1.85 bits per heavy atom. The summed E-state index contributed by atoms with van der Waals surface area (Å²) < 4.78 is 35.8. The van der Waals surface area contributed by atoms with Crippen LogP contribution in [0.3, 0.4) is 0 Å². The molecule has 108 valence electrons. The molecule has 0 heterocycles. The van der Waals surface area contributed by atoms with Gasteiger partial charge in [-0.2, -0.15) is 13.2 Å².